The fraction of sp³-hybridized carbons (Fsp3) is 0.375. The molecule has 6 rings (SSSR count). The Morgan fingerprint density at radius 2 is 1.78 bits per heavy atom. The topological polar surface area (TPSA) is 116 Å². The summed E-state index contributed by atoms with van der Waals surface area (Å²) in [6.45, 7) is 3.08. The minimum absolute atomic E-state index is 0.0285. The number of nitrogens with zero attached hydrogens (tertiary/aromatic N) is 6. The molecule has 2 aromatic heterocycles. The number of morpholine rings is 1. The minimum Gasteiger partial charge on any atom is -0.378 e. The van der Waals surface area contributed by atoms with Gasteiger partial charge < -0.3 is 19.9 Å². The average Bonchev–Trinajstić information content (AvgIpc) is 3.61. The van der Waals surface area contributed by atoms with E-state index in [1.165, 1.54) is 17.6 Å². The van der Waals surface area contributed by atoms with Crippen molar-refractivity contribution in [3.05, 3.63) is 70.3 Å². The van der Waals surface area contributed by atoms with Crippen molar-refractivity contribution in [1.29, 1.82) is 0 Å². The molecule has 2 aromatic carbocycles. The highest BCUT2D eigenvalue weighted by Crippen LogP contribution is 2.23. The van der Waals surface area contributed by atoms with Gasteiger partial charge in [0.25, 0.3) is 0 Å². The summed E-state index contributed by atoms with van der Waals surface area (Å²) < 4.78 is 10.6. The molecule has 0 aliphatic carbocycles. The summed E-state index contributed by atoms with van der Waals surface area (Å²) in [7, 11) is 0. The van der Waals surface area contributed by atoms with Crippen LogP contribution in [0.2, 0.25) is 10.0 Å². The molecule has 188 valence electrons. The molecule has 10 nitrogen and oxygen atoms in total. The largest absolute Gasteiger partial charge is 0.378 e. The SMILES string of the molecule is Clc1cccc(-c2noc(C3COCCN3)n2)c1.Clc1cccc(-n2nnc(C3CCCCN3)n2)c1. The fourth-order valence-electron chi connectivity index (χ4n) is 3.99. The number of ether oxygens (including phenoxy) is 1. The number of rotatable bonds is 4. The Morgan fingerprint density at radius 1 is 0.944 bits per heavy atom. The van der Waals surface area contributed by atoms with Crippen molar-refractivity contribution in [3.8, 4) is 17.1 Å². The summed E-state index contributed by atoms with van der Waals surface area (Å²) in [5.41, 5.74) is 1.67. The first-order valence-electron chi connectivity index (χ1n) is 11.9. The Bertz CT molecular complexity index is 1170. The summed E-state index contributed by atoms with van der Waals surface area (Å²) in [5.74, 6) is 1.85. The monoisotopic (exact) mass is 528 g/mol. The van der Waals surface area contributed by atoms with Crippen LogP contribution in [-0.2, 0) is 4.74 Å². The van der Waals surface area contributed by atoms with E-state index in [0.29, 0.717) is 35.0 Å². The van der Waals surface area contributed by atoms with Gasteiger partial charge in [0.2, 0.25) is 11.7 Å². The number of tetrazole rings is 1. The standard InChI is InChI=1S/C12H14ClN5.C12H12ClN3O2/c13-9-4-3-5-10(8-9)18-16-12(15-17-18)11-6-1-2-7-14-11;13-9-3-1-2-8(6-9)11-15-12(18-16-11)10-7-17-5-4-14-10/h3-5,8,11,14H,1-2,6-7H2;1-3,6,10,14H,4-5,7H2. The Morgan fingerprint density at radius 3 is 2.53 bits per heavy atom. The van der Waals surface area contributed by atoms with Crippen LogP contribution < -0.4 is 10.6 Å². The second-order valence-electron chi connectivity index (χ2n) is 8.47. The Kier molecular flexibility index (Phi) is 8.19. The molecule has 2 saturated heterocycles. The quantitative estimate of drug-likeness (QED) is 0.402. The summed E-state index contributed by atoms with van der Waals surface area (Å²) in [5, 5.41) is 24.6. The molecule has 2 N–H and O–H groups in total. The maximum atomic E-state index is 5.95. The predicted octanol–water partition coefficient (Wildman–Crippen LogP) is 4.18. The molecule has 2 atom stereocenters. The lowest BCUT2D eigenvalue weighted by molar-refractivity contribution is 0.0659. The first kappa shape index (κ1) is 24.8. The molecular weight excluding hydrogens is 503 g/mol. The van der Waals surface area contributed by atoms with Gasteiger partial charge in [-0.1, -0.05) is 53.0 Å². The minimum atomic E-state index is -0.0285. The van der Waals surface area contributed by atoms with Gasteiger partial charge in [-0.05, 0) is 54.9 Å². The maximum Gasteiger partial charge on any atom is 0.246 e. The lowest BCUT2D eigenvalue weighted by Gasteiger charge is -2.20. The van der Waals surface area contributed by atoms with Gasteiger partial charge in [0.15, 0.2) is 5.82 Å². The van der Waals surface area contributed by atoms with E-state index in [-0.39, 0.29) is 12.1 Å². The molecule has 4 aromatic rings. The summed E-state index contributed by atoms with van der Waals surface area (Å²) >= 11 is 11.9. The van der Waals surface area contributed by atoms with Gasteiger partial charge in [-0.15, -0.1) is 15.0 Å². The molecule has 2 unspecified atom stereocenters. The number of benzene rings is 2. The van der Waals surface area contributed by atoms with E-state index in [1.807, 2.05) is 42.5 Å². The third-order valence-electron chi connectivity index (χ3n) is 5.83. The molecule has 0 radical (unpaired) electrons. The lowest BCUT2D eigenvalue weighted by Crippen LogP contribution is -2.34. The number of nitrogens with one attached hydrogen (secondary N) is 2. The van der Waals surface area contributed by atoms with E-state index in [1.54, 1.807) is 6.07 Å². The Balaban J connectivity index is 0.000000148. The molecule has 0 bridgehead atoms. The van der Waals surface area contributed by atoms with Gasteiger partial charge in [0.1, 0.15) is 6.04 Å². The number of hydrogen-bond acceptors (Lipinski definition) is 9. The van der Waals surface area contributed by atoms with Crippen LogP contribution in [0.4, 0.5) is 0 Å². The van der Waals surface area contributed by atoms with Gasteiger partial charge in [-0.25, -0.2) is 0 Å². The number of halogens is 2. The first-order chi connectivity index (χ1) is 17.7. The summed E-state index contributed by atoms with van der Waals surface area (Å²) in [6, 6.07) is 15.0. The van der Waals surface area contributed by atoms with Crippen molar-refractivity contribution in [3.63, 3.8) is 0 Å². The van der Waals surface area contributed by atoms with Crippen LogP contribution >= 0.6 is 23.2 Å². The zero-order valence-electron chi connectivity index (χ0n) is 19.5. The van der Waals surface area contributed by atoms with Crippen molar-refractivity contribution < 1.29 is 9.26 Å². The molecule has 2 aliphatic heterocycles. The highest BCUT2D eigenvalue weighted by Gasteiger charge is 2.22. The van der Waals surface area contributed by atoms with Crippen LogP contribution in [-0.4, -0.2) is 56.7 Å². The molecule has 0 amide bonds. The lowest BCUT2D eigenvalue weighted by atomic mass is 10.1. The highest BCUT2D eigenvalue weighted by atomic mass is 35.5. The van der Waals surface area contributed by atoms with Crippen molar-refractivity contribution in [2.24, 2.45) is 0 Å². The maximum absolute atomic E-state index is 5.95. The van der Waals surface area contributed by atoms with Gasteiger partial charge in [-0.3, -0.25) is 0 Å². The van der Waals surface area contributed by atoms with Crippen LogP contribution in [0, 0.1) is 0 Å². The Labute approximate surface area is 218 Å². The normalized spacial score (nSPS) is 19.9. The summed E-state index contributed by atoms with van der Waals surface area (Å²) in [6.07, 6.45) is 3.50. The average molecular weight is 529 g/mol. The Hall–Kier alpha value is -2.89. The van der Waals surface area contributed by atoms with E-state index < -0.39 is 0 Å². The van der Waals surface area contributed by atoms with E-state index in [2.05, 4.69) is 36.2 Å². The predicted molar refractivity (Wildman–Crippen MR) is 135 cm³/mol. The zero-order chi connectivity index (χ0) is 24.7. The van der Waals surface area contributed by atoms with E-state index in [9.17, 15) is 0 Å². The van der Waals surface area contributed by atoms with E-state index >= 15 is 0 Å². The van der Waals surface area contributed by atoms with Crippen molar-refractivity contribution in [1.82, 2.24) is 41.0 Å². The molecular formula is C24H26Cl2N8O2. The van der Waals surface area contributed by atoms with Crippen LogP contribution in [0.25, 0.3) is 17.1 Å². The molecule has 12 heteroatoms. The molecule has 36 heavy (non-hydrogen) atoms. The fourth-order valence-corrected chi connectivity index (χ4v) is 4.37. The molecule has 2 fully saturated rings. The van der Waals surface area contributed by atoms with Crippen LogP contribution in [0.15, 0.2) is 53.1 Å². The van der Waals surface area contributed by atoms with Crippen molar-refractivity contribution in [2.75, 3.05) is 26.3 Å². The smallest absolute Gasteiger partial charge is 0.246 e. The van der Waals surface area contributed by atoms with E-state index in [0.717, 1.165) is 36.6 Å². The van der Waals surface area contributed by atoms with Crippen molar-refractivity contribution in [2.45, 2.75) is 31.3 Å². The van der Waals surface area contributed by atoms with Crippen LogP contribution in [0.3, 0.4) is 0 Å². The molecule has 4 heterocycles. The second-order valence-corrected chi connectivity index (χ2v) is 9.34. The molecule has 0 spiro atoms. The number of aromatic nitrogens is 6. The van der Waals surface area contributed by atoms with E-state index in [4.69, 9.17) is 32.5 Å². The van der Waals surface area contributed by atoms with Gasteiger partial charge in [0.05, 0.1) is 24.9 Å². The van der Waals surface area contributed by atoms with Crippen molar-refractivity contribution >= 4 is 23.2 Å². The van der Waals surface area contributed by atoms with Crippen LogP contribution in [0.5, 0.6) is 0 Å². The highest BCUT2D eigenvalue weighted by molar-refractivity contribution is 6.31. The number of piperidine rings is 1. The van der Waals surface area contributed by atoms with Gasteiger partial charge in [0, 0.05) is 22.2 Å². The number of hydrogen-bond donors (Lipinski definition) is 2. The zero-order valence-corrected chi connectivity index (χ0v) is 21.0. The van der Waals surface area contributed by atoms with Gasteiger partial charge in [-0.2, -0.15) is 4.98 Å². The van der Waals surface area contributed by atoms with Crippen LogP contribution in [0.1, 0.15) is 43.1 Å². The molecule has 2 aliphatic rings. The third kappa shape index (κ3) is 6.26. The first-order valence-corrected chi connectivity index (χ1v) is 12.6. The third-order valence-corrected chi connectivity index (χ3v) is 6.30. The van der Waals surface area contributed by atoms with Gasteiger partial charge >= 0.3 is 0 Å². The summed E-state index contributed by atoms with van der Waals surface area (Å²) in [4.78, 5) is 5.89. The second kappa shape index (κ2) is 11.9. The molecule has 0 saturated carbocycles.